The Hall–Kier alpha value is -7.52. The largest absolute Gasteiger partial charge is 0.310 e. The third-order valence-electron chi connectivity index (χ3n) is 13.8. The van der Waals surface area contributed by atoms with Crippen LogP contribution in [-0.4, -0.2) is 8.07 Å². The number of anilines is 3. The van der Waals surface area contributed by atoms with E-state index in [-0.39, 0.29) is 5.41 Å². The van der Waals surface area contributed by atoms with E-state index in [9.17, 15) is 0 Å². The molecule has 1 nitrogen and oxygen atoms in total. The molecule has 0 saturated carbocycles. The lowest BCUT2D eigenvalue weighted by molar-refractivity contribution is 0.714. The smallest absolute Gasteiger partial charge is 0.180 e. The quantitative estimate of drug-likeness (QED) is 0.145. The molecule has 0 aromatic heterocycles. The van der Waals surface area contributed by atoms with Crippen LogP contribution in [0.25, 0.3) is 44.2 Å². The molecule has 10 aromatic carbocycles. The summed E-state index contributed by atoms with van der Waals surface area (Å²) in [6.45, 7) is 2.41. The molecule has 0 saturated heterocycles. The van der Waals surface area contributed by atoms with Gasteiger partial charge in [0, 0.05) is 22.5 Å². The molecular formula is C60H43NSi. The molecule has 0 radical (unpaired) electrons. The van der Waals surface area contributed by atoms with Gasteiger partial charge in [-0.3, -0.25) is 0 Å². The van der Waals surface area contributed by atoms with Crippen molar-refractivity contribution in [3.05, 3.63) is 259 Å². The van der Waals surface area contributed by atoms with E-state index in [1.165, 1.54) is 81.6 Å². The van der Waals surface area contributed by atoms with Crippen molar-refractivity contribution in [2.75, 3.05) is 4.90 Å². The van der Waals surface area contributed by atoms with Crippen LogP contribution in [0.2, 0.25) is 0 Å². The summed E-state index contributed by atoms with van der Waals surface area (Å²) in [6, 6.07) is 91.1. The Kier molecular flexibility index (Phi) is 8.38. The average Bonchev–Trinajstić information content (AvgIpc) is 3.79. The maximum atomic E-state index is 2.54. The van der Waals surface area contributed by atoms with E-state index in [0.29, 0.717) is 0 Å². The van der Waals surface area contributed by atoms with Crippen LogP contribution in [0.4, 0.5) is 17.1 Å². The first-order valence-electron chi connectivity index (χ1n) is 21.7. The first kappa shape index (κ1) is 36.3. The number of hydrogen-bond acceptors (Lipinski definition) is 1. The van der Waals surface area contributed by atoms with Gasteiger partial charge in [0.15, 0.2) is 8.07 Å². The van der Waals surface area contributed by atoms with Crippen LogP contribution in [0.15, 0.2) is 243 Å². The zero-order valence-electron chi connectivity index (χ0n) is 34.5. The standard InChI is InChI=1S/C60H43NSi/c1-60(46-23-7-3-8-24-46)56-30-16-13-27-52(56)53-36-35-48(41-57(53)60)61(47-34-33-43-21-11-12-22-44(43)37-47)49-38-45(42-19-5-2-6-20-42)39-51(40-49)62(50-25-9-4-10-26-50)58-31-17-14-28-54(58)55-29-15-18-32-59(55)62/h2-41H,1H3. The summed E-state index contributed by atoms with van der Waals surface area (Å²) >= 11 is 0. The minimum atomic E-state index is -2.87. The molecule has 12 rings (SSSR count). The predicted molar refractivity (Wildman–Crippen MR) is 264 cm³/mol. The molecule has 2 aliphatic rings. The minimum absolute atomic E-state index is 0.336. The van der Waals surface area contributed by atoms with Gasteiger partial charge in [-0.2, -0.15) is 0 Å². The van der Waals surface area contributed by atoms with Gasteiger partial charge >= 0.3 is 0 Å². The zero-order valence-corrected chi connectivity index (χ0v) is 35.5. The first-order chi connectivity index (χ1) is 30.6. The Morgan fingerprint density at radius 1 is 0.339 bits per heavy atom. The minimum Gasteiger partial charge on any atom is -0.310 e. The fraction of sp³-hybridized carbons (Fsp3) is 0.0333. The van der Waals surface area contributed by atoms with Crippen molar-refractivity contribution < 1.29 is 0 Å². The monoisotopic (exact) mass is 805 g/mol. The molecule has 2 heteroatoms. The second-order valence-corrected chi connectivity index (χ2v) is 20.7. The highest BCUT2D eigenvalue weighted by molar-refractivity contribution is 7.22. The maximum Gasteiger partial charge on any atom is 0.180 e. The van der Waals surface area contributed by atoms with Crippen LogP contribution < -0.4 is 25.6 Å². The first-order valence-corrected chi connectivity index (χ1v) is 23.7. The lowest BCUT2D eigenvalue weighted by Crippen LogP contribution is -2.72. The summed E-state index contributed by atoms with van der Waals surface area (Å²) in [5.41, 5.74) is 14.7. The average molecular weight is 806 g/mol. The van der Waals surface area contributed by atoms with Crippen LogP contribution in [-0.2, 0) is 5.41 Å². The van der Waals surface area contributed by atoms with Crippen molar-refractivity contribution in [2.24, 2.45) is 0 Å². The van der Waals surface area contributed by atoms with Crippen molar-refractivity contribution >= 4 is 56.7 Å². The van der Waals surface area contributed by atoms with Gasteiger partial charge < -0.3 is 4.90 Å². The number of benzene rings is 10. The van der Waals surface area contributed by atoms with Crippen LogP contribution in [0, 0.1) is 0 Å². The third kappa shape index (κ3) is 5.40. The Bertz CT molecular complexity index is 3270. The Balaban J connectivity index is 1.17. The number of nitrogens with zero attached hydrogens (tertiary/aromatic N) is 1. The second kappa shape index (κ2) is 14.3. The van der Waals surface area contributed by atoms with Gasteiger partial charge in [0.25, 0.3) is 0 Å². The molecule has 0 fully saturated rings. The molecule has 0 spiro atoms. The molecule has 0 N–H and O–H groups in total. The molecule has 1 heterocycles. The molecule has 1 aliphatic heterocycles. The lowest BCUT2D eigenvalue weighted by Gasteiger charge is -2.34. The number of hydrogen-bond donors (Lipinski definition) is 0. The van der Waals surface area contributed by atoms with E-state index < -0.39 is 8.07 Å². The summed E-state index contributed by atoms with van der Waals surface area (Å²) in [7, 11) is -2.87. The molecule has 0 amide bonds. The summed E-state index contributed by atoms with van der Waals surface area (Å²) in [5, 5.41) is 8.08. The SMILES string of the molecule is CC1(c2ccccc2)c2ccccc2-c2ccc(N(c3cc(-c4ccccc4)cc([Si]4(c5ccccc5)c5ccccc5-c5ccccc54)c3)c3ccc4ccccc4c3)cc21. The maximum absolute atomic E-state index is 2.87. The molecule has 10 aromatic rings. The van der Waals surface area contributed by atoms with E-state index in [0.717, 1.165) is 17.1 Å². The van der Waals surface area contributed by atoms with Gasteiger partial charge in [-0.25, -0.2) is 0 Å². The fourth-order valence-corrected chi connectivity index (χ4v) is 16.2. The summed E-state index contributed by atoms with van der Waals surface area (Å²) in [4.78, 5) is 2.52. The molecule has 62 heavy (non-hydrogen) atoms. The topological polar surface area (TPSA) is 3.24 Å². The van der Waals surface area contributed by atoms with Crippen molar-refractivity contribution in [1.82, 2.24) is 0 Å². The molecule has 1 unspecified atom stereocenters. The predicted octanol–water partition coefficient (Wildman–Crippen LogP) is 12.7. The second-order valence-electron chi connectivity index (χ2n) is 17.0. The van der Waals surface area contributed by atoms with Crippen molar-refractivity contribution in [3.63, 3.8) is 0 Å². The van der Waals surface area contributed by atoms with Crippen LogP contribution >= 0.6 is 0 Å². The van der Waals surface area contributed by atoms with Gasteiger partial charge in [0.05, 0.1) is 0 Å². The number of fused-ring (bicyclic) bond motifs is 7. The number of rotatable bonds is 7. The van der Waals surface area contributed by atoms with Crippen molar-refractivity contribution in [2.45, 2.75) is 12.3 Å². The summed E-state index contributed by atoms with van der Waals surface area (Å²) in [6.07, 6.45) is 0. The van der Waals surface area contributed by atoms with Gasteiger partial charge in [0.2, 0.25) is 0 Å². The van der Waals surface area contributed by atoms with Crippen LogP contribution in [0.3, 0.4) is 0 Å². The molecular weight excluding hydrogens is 763 g/mol. The van der Waals surface area contributed by atoms with Gasteiger partial charge in [-0.05, 0) is 125 Å². The fourth-order valence-electron chi connectivity index (χ4n) is 10.9. The van der Waals surface area contributed by atoms with E-state index in [1.54, 1.807) is 0 Å². The van der Waals surface area contributed by atoms with E-state index in [2.05, 4.69) is 254 Å². The van der Waals surface area contributed by atoms with Crippen molar-refractivity contribution in [3.8, 4) is 33.4 Å². The van der Waals surface area contributed by atoms with Crippen LogP contribution in [0.5, 0.6) is 0 Å². The summed E-state index contributed by atoms with van der Waals surface area (Å²) in [5.74, 6) is 0. The van der Waals surface area contributed by atoms with Gasteiger partial charge in [-0.15, -0.1) is 0 Å². The molecule has 292 valence electrons. The summed E-state index contributed by atoms with van der Waals surface area (Å²) < 4.78 is 0. The lowest BCUT2D eigenvalue weighted by atomic mass is 9.74. The normalized spacial score (nSPS) is 15.4. The highest BCUT2D eigenvalue weighted by Gasteiger charge is 2.49. The molecule has 1 aliphatic carbocycles. The van der Waals surface area contributed by atoms with Crippen molar-refractivity contribution in [1.29, 1.82) is 0 Å². The molecule has 1 atom stereocenters. The Labute approximate surface area is 364 Å². The van der Waals surface area contributed by atoms with E-state index >= 15 is 0 Å². The van der Waals surface area contributed by atoms with E-state index in [4.69, 9.17) is 0 Å². The Morgan fingerprint density at radius 2 is 0.887 bits per heavy atom. The van der Waals surface area contributed by atoms with Gasteiger partial charge in [-0.1, -0.05) is 206 Å². The van der Waals surface area contributed by atoms with Gasteiger partial charge in [0.1, 0.15) is 0 Å². The zero-order chi connectivity index (χ0) is 41.3. The molecule has 0 bridgehead atoms. The van der Waals surface area contributed by atoms with Crippen LogP contribution in [0.1, 0.15) is 23.6 Å². The highest BCUT2D eigenvalue weighted by Crippen LogP contribution is 2.54. The highest BCUT2D eigenvalue weighted by atomic mass is 28.3. The Morgan fingerprint density at radius 3 is 1.61 bits per heavy atom. The third-order valence-corrected chi connectivity index (χ3v) is 18.6. The van der Waals surface area contributed by atoms with E-state index in [1.807, 2.05) is 0 Å².